The fourth-order valence-electron chi connectivity index (χ4n) is 12.0. The number of aromatic amines is 1. The van der Waals surface area contributed by atoms with Gasteiger partial charge in [0.1, 0.15) is 47.7 Å². The number of nitrogens with one attached hydrogen (secondary N) is 5. The first kappa shape index (κ1) is 66.8. The Morgan fingerprint density at radius 3 is 2.14 bits per heavy atom. The molecule has 7 aromatic rings. The molecule has 0 saturated carbocycles. The predicted octanol–water partition coefficient (Wildman–Crippen LogP) is 10.5. The molecule has 0 bridgehead atoms. The zero-order valence-electron chi connectivity index (χ0n) is 53.9. The topological polar surface area (TPSA) is 255 Å². The quantitative estimate of drug-likeness (QED) is 0.0312. The number of nitrogens with zero attached hydrogens (tertiary/aromatic N) is 7. The summed E-state index contributed by atoms with van der Waals surface area (Å²) in [5.41, 5.74) is 5.73. The van der Waals surface area contributed by atoms with Gasteiger partial charge in [-0.1, -0.05) is 103 Å². The van der Waals surface area contributed by atoms with Crippen molar-refractivity contribution in [1.29, 1.82) is 0 Å². The molecule has 0 unspecified atom stereocenters. The van der Waals surface area contributed by atoms with Gasteiger partial charge in [-0.3, -0.25) is 29.5 Å². The number of benzene rings is 4. The van der Waals surface area contributed by atoms with Crippen molar-refractivity contribution in [3.05, 3.63) is 161 Å². The van der Waals surface area contributed by atoms with Crippen LogP contribution in [0.3, 0.4) is 0 Å². The summed E-state index contributed by atoms with van der Waals surface area (Å²) in [6.07, 6.45) is 4.66. The molecular formula is C70H83ClN12O10. The van der Waals surface area contributed by atoms with Gasteiger partial charge in [-0.15, -0.1) is 0 Å². The summed E-state index contributed by atoms with van der Waals surface area (Å²) in [5.74, 6) is -0.633. The Morgan fingerprint density at radius 1 is 0.763 bits per heavy atom. The van der Waals surface area contributed by atoms with Crippen LogP contribution >= 0.6 is 11.6 Å². The van der Waals surface area contributed by atoms with Crippen LogP contribution in [0.25, 0.3) is 33.3 Å². The number of hydrogen-bond donors (Lipinski definition) is 5. The Labute approximate surface area is 547 Å². The van der Waals surface area contributed by atoms with Crippen LogP contribution < -0.4 is 26.2 Å². The van der Waals surface area contributed by atoms with Crippen LogP contribution in [0.15, 0.2) is 128 Å². The van der Waals surface area contributed by atoms with E-state index in [0.717, 1.165) is 56.6 Å². The number of piperidine rings is 1. The first-order chi connectivity index (χ1) is 44.6. The first-order valence-electron chi connectivity index (χ1n) is 31.8. The number of rotatable bonds is 22. The number of alkyl carbamates (subject to hydrolysis) is 1. The van der Waals surface area contributed by atoms with Crippen molar-refractivity contribution in [1.82, 2.24) is 50.6 Å². The number of pyridine rings is 1. The Kier molecular flexibility index (Phi) is 21.3. The molecule has 23 heteroatoms. The lowest BCUT2D eigenvalue weighted by molar-refractivity contribution is -0.134. The van der Waals surface area contributed by atoms with E-state index in [1.165, 1.54) is 11.2 Å². The second-order valence-corrected chi connectivity index (χ2v) is 26.1. The van der Waals surface area contributed by atoms with Crippen molar-refractivity contribution < 1.29 is 47.7 Å². The minimum Gasteiger partial charge on any atom is -0.448 e. The molecule has 6 amide bonds. The third kappa shape index (κ3) is 17.1. The van der Waals surface area contributed by atoms with E-state index >= 15 is 0 Å². The number of H-pyrrole nitrogens is 1. The van der Waals surface area contributed by atoms with E-state index in [9.17, 15) is 28.8 Å². The zero-order chi connectivity index (χ0) is 65.9. The van der Waals surface area contributed by atoms with Crippen LogP contribution in [-0.2, 0) is 35.0 Å². The molecule has 3 aromatic heterocycles. The second-order valence-electron chi connectivity index (χ2n) is 25.6. The van der Waals surface area contributed by atoms with Gasteiger partial charge in [0, 0.05) is 87.8 Å². The number of ether oxygens (including phenoxy) is 4. The van der Waals surface area contributed by atoms with Gasteiger partial charge in [0.05, 0.1) is 30.3 Å². The lowest BCUT2D eigenvalue weighted by Crippen LogP contribution is -2.64. The number of anilines is 2. The van der Waals surface area contributed by atoms with Crippen LogP contribution in [0.5, 0.6) is 0 Å². The van der Waals surface area contributed by atoms with Crippen LogP contribution in [-0.4, -0.2) is 173 Å². The molecule has 93 heavy (non-hydrogen) atoms. The molecule has 5 heterocycles. The van der Waals surface area contributed by atoms with Crippen LogP contribution in [0.1, 0.15) is 112 Å². The SMILES string of the molecule is CCc1cccc(-c2cnc(C(=O)NCCOCCN(CC(=O)N3CCN(CC[C@H](NC(=O)C4(NC(=O)OC(C)(C)C)CCN(c5ncnc6[nH]ccc56)CC4)c4ccc(Cl)cc4)CC3)C(=O)OCC3c4ccccc4-c4ccccc43)c(NC(=O)OC(C)(C)C)c2)c1. The van der Waals surface area contributed by atoms with Gasteiger partial charge in [-0.2, -0.15) is 0 Å². The normalized spacial score (nSPS) is 15.1. The largest absolute Gasteiger partial charge is 0.448 e. The van der Waals surface area contributed by atoms with E-state index in [0.29, 0.717) is 68.5 Å². The minimum atomic E-state index is -1.32. The maximum absolute atomic E-state index is 14.9. The molecule has 2 aliphatic heterocycles. The van der Waals surface area contributed by atoms with Gasteiger partial charge >= 0.3 is 18.3 Å². The van der Waals surface area contributed by atoms with Gasteiger partial charge in [-0.25, -0.2) is 29.3 Å². The Balaban J connectivity index is 0.770. The number of carbonyl (C=O) groups is 6. The van der Waals surface area contributed by atoms with E-state index in [4.69, 9.17) is 30.5 Å². The Morgan fingerprint density at radius 2 is 1.45 bits per heavy atom. The van der Waals surface area contributed by atoms with Gasteiger partial charge < -0.3 is 49.7 Å². The molecule has 1 aliphatic carbocycles. The van der Waals surface area contributed by atoms with Gasteiger partial charge in [0.2, 0.25) is 11.8 Å². The molecular weight excluding hydrogens is 1200 g/mol. The molecule has 3 aliphatic rings. The molecule has 4 aromatic carbocycles. The summed E-state index contributed by atoms with van der Waals surface area (Å²) in [4.78, 5) is 108. The van der Waals surface area contributed by atoms with Crippen molar-refractivity contribution in [2.45, 2.75) is 103 Å². The number of fused-ring (bicyclic) bond motifs is 4. The molecule has 10 rings (SSSR count). The summed E-state index contributed by atoms with van der Waals surface area (Å²) < 4.78 is 23.3. The summed E-state index contributed by atoms with van der Waals surface area (Å²) >= 11 is 6.39. The van der Waals surface area contributed by atoms with E-state index in [2.05, 4.69) is 70.1 Å². The second kappa shape index (κ2) is 29.7. The smallest absolute Gasteiger partial charge is 0.412 e. The summed E-state index contributed by atoms with van der Waals surface area (Å²) in [5, 5.41) is 13.3. The summed E-state index contributed by atoms with van der Waals surface area (Å²) in [6, 6.07) is 34.5. The number of halogens is 1. The van der Waals surface area contributed by atoms with Crippen LogP contribution in [0.4, 0.5) is 25.9 Å². The van der Waals surface area contributed by atoms with E-state index in [-0.39, 0.29) is 81.4 Å². The van der Waals surface area contributed by atoms with Gasteiger partial charge in [0.15, 0.2) is 5.69 Å². The maximum Gasteiger partial charge on any atom is 0.412 e. The molecule has 0 spiro atoms. The number of aryl methyl sites for hydroxylation is 1. The number of hydrogen-bond acceptors (Lipinski definition) is 15. The monoisotopic (exact) mass is 1290 g/mol. The fourth-order valence-corrected chi connectivity index (χ4v) is 12.2. The molecule has 490 valence electrons. The lowest BCUT2D eigenvalue weighted by atomic mass is 9.85. The molecule has 22 nitrogen and oxygen atoms in total. The number of amides is 6. The van der Waals surface area contributed by atoms with Gasteiger partial charge in [-0.05, 0) is 130 Å². The van der Waals surface area contributed by atoms with Crippen molar-refractivity contribution in [2.24, 2.45) is 0 Å². The van der Waals surface area contributed by atoms with E-state index in [1.807, 2.05) is 85.1 Å². The minimum absolute atomic E-state index is 0.00615. The van der Waals surface area contributed by atoms with Crippen LogP contribution in [0, 0.1) is 0 Å². The molecule has 0 radical (unpaired) electrons. The summed E-state index contributed by atoms with van der Waals surface area (Å²) in [7, 11) is 0. The zero-order valence-corrected chi connectivity index (χ0v) is 54.6. The van der Waals surface area contributed by atoms with Crippen molar-refractivity contribution >= 4 is 70.1 Å². The van der Waals surface area contributed by atoms with E-state index in [1.54, 1.807) is 70.8 Å². The standard InChI is InChI=1S/C70H83ClN12O10/c1-8-46-14-13-15-48(40-46)49-41-58(78-65(87)92-68(2,3)4)60(74-42-49)63(85)73-29-38-90-39-37-83(67(89)91-44-56-53-18-11-9-16-51(53)52-17-10-12-19-54(52)56)43-59(84)81-35-33-80(34-36-81)30-25-57(47-20-22-50(71)23-21-47)77-64(86)70(79-66(88)93-69(5,6)7)26-31-82(32-27-70)62-55-24-28-72-61(55)75-45-76-62/h9-24,28,40-42,45,56-57H,8,25-27,29-39,43-44H2,1-7H3,(H,73,85)(H,77,86)(H,78,87)(H,79,88)(H,72,75,76)/t57-/m0/s1. The lowest BCUT2D eigenvalue weighted by Gasteiger charge is -2.42. The average Bonchev–Trinajstić information content (AvgIpc) is 1.65. The summed E-state index contributed by atoms with van der Waals surface area (Å²) in [6.45, 7) is 15.7. The highest BCUT2D eigenvalue weighted by Gasteiger charge is 2.45. The third-order valence-corrected chi connectivity index (χ3v) is 17.1. The molecule has 2 fully saturated rings. The first-order valence-corrected chi connectivity index (χ1v) is 32.2. The predicted molar refractivity (Wildman–Crippen MR) is 356 cm³/mol. The highest BCUT2D eigenvalue weighted by molar-refractivity contribution is 6.30. The number of aromatic nitrogens is 4. The fraction of sp³-hybridized carbons (Fsp3) is 0.414. The molecule has 2 saturated heterocycles. The van der Waals surface area contributed by atoms with Crippen molar-refractivity contribution in [3.8, 4) is 22.3 Å². The van der Waals surface area contributed by atoms with E-state index < -0.39 is 47.0 Å². The average molecular weight is 1290 g/mol. The number of piperazine rings is 1. The Hall–Kier alpha value is -9.12. The van der Waals surface area contributed by atoms with Crippen molar-refractivity contribution in [3.63, 3.8) is 0 Å². The van der Waals surface area contributed by atoms with Gasteiger partial charge in [0.25, 0.3) is 5.91 Å². The van der Waals surface area contributed by atoms with Crippen molar-refractivity contribution in [2.75, 3.05) is 95.5 Å². The van der Waals surface area contributed by atoms with Crippen LogP contribution in [0.2, 0.25) is 5.02 Å². The maximum atomic E-state index is 14.9. The Bertz CT molecular complexity index is 3750. The third-order valence-electron chi connectivity index (χ3n) is 16.8. The highest BCUT2D eigenvalue weighted by Crippen LogP contribution is 2.45. The molecule has 5 N–H and O–H groups in total. The number of carbonyl (C=O) groups excluding carboxylic acids is 6. The molecule has 1 atom stereocenters. The highest BCUT2D eigenvalue weighted by atomic mass is 35.5.